The van der Waals surface area contributed by atoms with Crippen molar-refractivity contribution >= 4 is 29.8 Å². The van der Waals surface area contributed by atoms with E-state index in [0.717, 1.165) is 56.6 Å². The summed E-state index contributed by atoms with van der Waals surface area (Å²) in [7, 11) is 0. The molecular weight excluding hydrogens is 310 g/mol. The molecule has 0 spiro atoms. The summed E-state index contributed by atoms with van der Waals surface area (Å²) in [6.45, 7) is 5.96. The molecule has 5 N–H and O–H groups in total. The minimum Gasteiger partial charge on any atom is -0.404 e. The van der Waals surface area contributed by atoms with Gasteiger partial charge in [0, 0.05) is 54.2 Å². The first-order valence-corrected chi connectivity index (χ1v) is 9.29. The van der Waals surface area contributed by atoms with Crippen LogP contribution in [0.25, 0.3) is 17.8 Å². The Bertz CT molecular complexity index is 757. The Labute approximate surface area is 149 Å². The van der Waals surface area contributed by atoms with Crippen LogP contribution in [0, 0.1) is 0 Å². The predicted octanol–water partition coefficient (Wildman–Crippen LogP) is 0.753. The fourth-order valence-corrected chi connectivity index (χ4v) is 3.31. The number of rotatable bonds is 6. The Balaban J connectivity index is 1.96. The Hall–Kier alpha value is -2.27. The number of benzene rings is 1. The minimum absolute atomic E-state index is 0.509. The molecule has 3 rings (SSSR count). The molecule has 134 valence electrons. The van der Waals surface area contributed by atoms with Crippen LogP contribution in [-0.2, 0) is 0 Å². The average molecular weight is 339 g/mol. The summed E-state index contributed by atoms with van der Waals surface area (Å²) >= 11 is 0. The maximum atomic E-state index is 5.89. The number of nitrogens with one attached hydrogen (secondary N) is 3. The predicted molar refractivity (Wildman–Crippen MR) is 108 cm³/mol. The van der Waals surface area contributed by atoms with Crippen LogP contribution in [0.2, 0.25) is 0 Å². The highest BCUT2D eigenvalue weighted by molar-refractivity contribution is 6.09. The van der Waals surface area contributed by atoms with Crippen LogP contribution >= 0.6 is 0 Å². The summed E-state index contributed by atoms with van der Waals surface area (Å²) in [5.41, 5.74) is 9.14. The molecule has 0 radical (unpaired) electrons. The van der Waals surface area contributed by atoms with E-state index in [4.69, 9.17) is 5.73 Å². The smallest absolute Gasteiger partial charge is 0.0442 e. The first-order valence-electron chi connectivity index (χ1n) is 9.29. The van der Waals surface area contributed by atoms with Gasteiger partial charge in [0.1, 0.15) is 0 Å². The molecule has 5 heteroatoms. The molecule has 0 aromatic heterocycles. The maximum Gasteiger partial charge on any atom is 0.0442 e. The summed E-state index contributed by atoms with van der Waals surface area (Å²) < 4.78 is 0. The Kier molecular flexibility index (Phi) is 6.12. The zero-order valence-electron chi connectivity index (χ0n) is 15.0. The van der Waals surface area contributed by atoms with Crippen LogP contribution in [0.5, 0.6) is 0 Å². The third-order valence-corrected chi connectivity index (χ3v) is 4.69. The fraction of sp³-hybridized carbons (Fsp3) is 0.450. The van der Waals surface area contributed by atoms with Crippen molar-refractivity contribution in [3.8, 4) is 0 Å². The number of hydrogen-bond acceptors (Lipinski definition) is 5. The second-order valence-electron chi connectivity index (χ2n) is 6.61. The molecule has 1 aromatic carbocycles. The first kappa shape index (κ1) is 17.5. The molecule has 0 saturated carbocycles. The molecule has 25 heavy (non-hydrogen) atoms. The van der Waals surface area contributed by atoms with E-state index in [0.29, 0.717) is 6.04 Å². The summed E-state index contributed by atoms with van der Waals surface area (Å²) in [4.78, 5) is 4.46. The molecule has 2 heterocycles. The highest BCUT2D eigenvalue weighted by Gasteiger charge is 2.14. The molecule has 2 aliphatic heterocycles. The van der Waals surface area contributed by atoms with Crippen molar-refractivity contribution in [3.05, 3.63) is 34.3 Å². The monoisotopic (exact) mass is 339 g/mol. The quantitative estimate of drug-likeness (QED) is 0.577. The first-order chi connectivity index (χ1) is 12.3. The van der Waals surface area contributed by atoms with Crippen LogP contribution in [-0.4, -0.2) is 38.4 Å². The SMILES string of the molecule is CCCN=CC(=CN)c1cc(NC2CCNCC2)c2c(c1)=CCNC=2. The molecule has 0 amide bonds. The Morgan fingerprint density at radius 2 is 2.20 bits per heavy atom. The van der Waals surface area contributed by atoms with E-state index in [1.807, 2.05) is 6.21 Å². The van der Waals surface area contributed by atoms with Gasteiger partial charge in [-0.3, -0.25) is 4.99 Å². The van der Waals surface area contributed by atoms with E-state index >= 15 is 0 Å². The lowest BCUT2D eigenvalue weighted by atomic mass is 10.0. The lowest BCUT2D eigenvalue weighted by Gasteiger charge is -2.25. The van der Waals surface area contributed by atoms with Crippen molar-refractivity contribution in [3.63, 3.8) is 0 Å². The van der Waals surface area contributed by atoms with E-state index < -0.39 is 0 Å². The molecule has 1 saturated heterocycles. The van der Waals surface area contributed by atoms with Gasteiger partial charge in [-0.15, -0.1) is 0 Å². The number of nitrogens with two attached hydrogens (primary N) is 1. The molecule has 0 aliphatic carbocycles. The zero-order valence-corrected chi connectivity index (χ0v) is 15.0. The van der Waals surface area contributed by atoms with Crippen molar-refractivity contribution in [1.29, 1.82) is 0 Å². The van der Waals surface area contributed by atoms with E-state index in [2.05, 4.69) is 52.3 Å². The number of piperidine rings is 1. The molecule has 5 nitrogen and oxygen atoms in total. The van der Waals surface area contributed by atoms with Gasteiger partial charge in [0.2, 0.25) is 0 Å². The number of nitrogens with zero attached hydrogens (tertiary/aromatic N) is 1. The summed E-state index contributed by atoms with van der Waals surface area (Å²) in [5, 5.41) is 13.0. The second-order valence-corrected chi connectivity index (χ2v) is 6.61. The van der Waals surface area contributed by atoms with Gasteiger partial charge in [-0.05, 0) is 55.3 Å². The second kappa shape index (κ2) is 8.72. The van der Waals surface area contributed by atoms with E-state index in [1.165, 1.54) is 16.1 Å². The molecular formula is C20H29N5. The number of anilines is 1. The van der Waals surface area contributed by atoms with Gasteiger partial charge in [0.25, 0.3) is 0 Å². The van der Waals surface area contributed by atoms with Gasteiger partial charge in [0.15, 0.2) is 0 Å². The van der Waals surface area contributed by atoms with Crippen molar-refractivity contribution < 1.29 is 0 Å². The summed E-state index contributed by atoms with van der Waals surface area (Å²) in [6, 6.07) is 4.92. The third kappa shape index (κ3) is 4.42. The zero-order chi connectivity index (χ0) is 17.5. The van der Waals surface area contributed by atoms with Gasteiger partial charge in [-0.1, -0.05) is 13.0 Å². The maximum absolute atomic E-state index is 5.89. The molecule has 2 aliphatic rings. The van der Waals surface area contributed by atoms with Crippen molar-refractivity contribution in [2.24, 2.45) is 10.7 Å². The van der Waals surface area contributed by atoms with Crippen LogP contribution in [0.4, 0.5) is 5.69 Å². The largest absolute Gasteiger partial charge is 0.404 e. The van der Waals surface area contributed by atoms with Gasteiger partial charge in [-0.2, -0.15) is 0 Å². The molecule has 0 unspecified atom stereocenters. The molecule has 1 aromatic rings. The average Bonchev–Trinajstić information content (AvgIpc) is 2.66. The molecule has 0 bridgehead atoms. The van der Waals surface area contributed by atoms with Gasteiger partial charge < -0.3 is 21.7 Å². The standard InChI is InChI=1S/C20H29N5/c1-2-6-23-13-17(12-21)16-10-15-3-7-24-14-19(15)20(11-16)25-18-4-8-22-9-5-18/h3,10-14,18,22,24-25H,2,4-9,21H2,1H3. The lowest BCUT2D eigenvalue weighted by Crippen LogP contribution is -2.40. The van der Waals surface area contributed by atoms with Gasteiger partial charge in [-0.25, -0.2) is 0 Å². The Morgan fingerprint density at radius 3 is 2.96 bits per heavy atom. The lowest BCUT2D eigenvalue weighted by molar-refractivity contribution is 0.479. The summed E-state index contributed by atoms with van der Waals surface area (Å²) in [6.07, 6.45) is 11.2. The molecule has 1 fully saturated rings. The van der Waals surface area contributed by atoms with Gasteiger partial charge >= 0.3 is 0 Å². The number of fused-ring (bicyclic) bond motifs is 1. The normalized spacial score (nSPS) is 18.2. The van der Waals surface area contributed by atoms with Crippen LogP contribution in [0.3, 0.4) is 0 Å². The highest BCUT2D eigenvalue weighted by atomic mass is 15.0. The Morgan fingerprint density at radius 1 is 1.36 bits per heavy atom. The fourth-order valence-electron chi connectivity index (χ4n) is 3.31. The topological polar surface area (TPSA) is 74.5 Å². The van der Waals surface area contributed by atoms with Crippen molar-refractivity contribution in [2.45, 2.75) is 32.2 Å². The van der Waals surface area contributed by atoms with Gasteiger partial charge in [0.05, 0.1) is 0 Å². The van der Waals surface area contributed by atoms with Crippen molar-refractivity contribution in [1.82, 2.24) is 10.6 Å². The summed E-state index contributed by atoms with van der Waals surface area (Å²) in [5.74, 6) is 0. The third-order valence-electron chi connectivity index (χ3n) is 4.69. The highest BCUT2D eigenvalue weighted by Crippen LogP contribution is 2.15. The van der Waals surface area contributed by atoms with E-state index in [-0.39, 0.29) is 0 Å². The number of hydrogen-bond donors (Lipinski definition) is 4. The van der Waals surface area contributed by atoms with E-state index in [9.17, 15) is 0 Å². The van der Waals surface area contributed by atoms with Crippen LogP contribution in [0.15, 0.2) is 23.3 Å². The van der Waals surface area contributed by atoms with Crippen molar-refractivity contribution in [2.75, 3.05) is 31.5 Å². The van der Waals surface area contributed by atoms with Crippen LogP contribution < -0.4 is 32.1 Å². The number of aliphatic imine (C=N–C) groups is 1. The van der Waals surface area contributed by atoms with E-state index in [1.54, 1.807) is 6.20 Å². The number of allylic oxidation sites excluding steroid dienone is 1. The minimum atomic E-state index is 0.509. The molecule has 0 atom stereocenters. The van der Waals surface area contributed by atoms with Crippen LogP contribution in [0.1, 0.15) is 31.7 Å².